The van der Waals surface area contributed by atoms with Crippen LogP contribution in [0.4, 0.5) is 0 Å². The molecular formula is C7H15. The molecule has 0 bridgehead atoms. The van der Waals surface area contributed by atoms with E-state index in [2.05, 4.69) is 27.7 Å². The van der Waals surface area contributed by atoms with Gasteiger partial charge in [0.2, 0.25) is 0 Å². The van der Waals surface area contributed by atoms with Crippen LogP contribution in [0.25, 0.3) is 0 Å². The number of hydrogen-bond donors (Lipinski definition) is 0. The maximum Gasteiger partial charge on any atom is -0.0249 e. The van der Waals surface area contributed by atoms with Gasteiger partial charge in [-0.05, 0) is 18.3 Å². The van der Waals surface area contributed by atoms with E-state index in [1.54, 1.807) is 5.92 Å². The predicted molar refractivity (Wildman–Crippen MR) is 34.0 cm³/mol. The molecule has 0 aromatic heterocycles. The fraction of sp³-hybridized carbons (Fsp3) is 0.857. The molecule has 1 radical (unpaired) electrons. The van der Waals surface area contributed by atoms with Gasteiger partial charge in [-0.2, -0.15) is 0 Å². The molecule has 43 valence electrons. The molecule has 0 heteroatoms. The zero-order valence-electron chi connectivity index (χ0n) is 5.78. The maximum atomic E-state index is 2.23. The van der Waals surface area contributed by atoms with Gasteiger partial charge in [0, 0.05) is 0 Å². The highest BCUT2D eigenvalue weighted by Gasteiger charge is 2.01. The minimum Gasteiger partial charge on any atom is -0.0648 e. The third-order valence-electron chi connectivity index (χ3n) is 1.54. The van der Waals surface area contributed by atoms with Crippen molar-refractivity contribution in [3.8, 4) is 0 Å². The van der Waals surface area contributed by atoms with E-state index in [1.165, 1.54) is 6.42 Å². The first-order chi connectivity index (χ1) is 3.18. The van der Waals surface area contributed by atoms with E-state index in [0.29, 0.717) is 0 Å². The lowest BCUT2D eigenvalue weighted by molar-refractivity contribution is 0.625. The molecule has 0 unspecified atom stereocenters. The van der Waals surface area contributed by atoms with E-state index in [0.717, 1.165) is 5.92 Å². The summed E-state index contributed by atoms with van der Waals surface area (Å²) in [6.07, 6.45) is 1.23. The second-order valence-corrected chi connectivity index (χ2v) is 2.35. The second-order valence-electron chi connectivity index (χ2n) is 2.35. The Morgan fingerprint density at radius 3 is 1.86 bits per heavy atom. The van der Waals surface area contributed by atoms with Gasteiger partial charge in [0.25, 0.3) is 0 Å². The minimum atomic E-state index is 0.782. The van der Waals surface area contributed by atoms with Crippen molar-refractivity contribution < 1.29 is 0 Å². The maximum absolute atomic E-state index is 2.23. The summed E-state index contributed by atoms with van der Waals surface area (Å²) in [7, 11) is 0. The summed E-state index contributed by atoms with van der Waals surface area (Å²) in [6, 6.07) is 0. The molecule has 0 heterocycles. The largest absolute Gasteiger partial charge is 0.0648 e. The lowest BCUT2D eigenvalue weighted by Gasteiger charge is -2.09. The summed E-state index contributed by atoms with van der Waals surface area (Å²) in [4.78, 5) is 0. The molecule has 0 nitrogen and oxygen atoms in total. The zero-order chi connectivity index (χ0) is 5.86. The van der Waals surface area contributed by atoms with Gasteiger partial charge in [0.15, 0.2) is 0 Å². The fourth-order valence-corrected chi connectivity index (χ4v) is 0.408. The van der Waals surface area contributed by atoms with Crippen LogP contribution in [0.2, 0.25) is 0 Å². The summed E-state index contributed by atoms with van der Waals surface area (Å²) in [5, 5.41) is 0. The van der Waals surface area contributed by atoms with Gasteiger partial charge in [0.05, 0.1) is 0 Å². The third kappa shape index (κ3) is 2.67. The Hall–Kier alpha value is 0. The van der Waals surface area contributed by atoms with Gasteiger partial charge in [-0.3, -0.25) is 0 Å². The highest BCUT2D eigenvalue weighted by atomic mass is 14.1. The summed E-state index contributed by atoms with van der Waals surface area (Å²) in [5.41, 5.74) is 0. The number of rotatable bonds is 2. The van der Waals surface area contributed by atoms with E-state index in [1.807, 2.05) is 0 Å². The lowest BCUT2D eigenvalue weighted by atomic mass is 9.96. The molecule has 7 heavy (non-hydrogen) atoms. The van der Waals surface area contributed by atoms with Crippen LogP contribution in [-0.2, 0) is 0 Å². The summed E-state index contributed by atoms with van der Waals surface area (Å²) in [5.74, 6) is 2.38. The molecule has 0 aliphatic carbocycles. The summed E-state index contributed by atoms with van der Waals surface area (Å²) < 4.78 is 0. The van der Waals surface area contributed by atoms with Gasteiger partial charge >= 0.3 is 0 Å². The van der Waals surface area contributed by atoms with E-state index in [4.69, 9.17) is 0 Å². The van der Waals surface area contributed by atoms with Crippen molar-refractivity contribution in [3.05, 3.63) is 5.92 Å². The topological polar surface area (TPSA) is 0 Å². The molecule has 0 aliphatic heterocycles. The van der Waals surface area contributed by atoms with E-state index in [9.17, 15) is 0 Å². The van der Waals surface area contributed by atoms with Gasteiger partial charge in [-0.15, -0.1) is 0 Å². The molecule has 0 fully saturated rings. The van der Waals surface area contributed by atoms with Gasteiger partial charge < -0.3 is 0 Å². The van der Waals surface area contributed by atoms with Crippen LogP contribution in [0.5, 0.6) is 0 Å². The molecular weight excluding hydrogens is 84.1 g/mol. The Kier molecular flexibility index (Phi) is 3.06. The molecule has 0 saturated carbocycles. The smallest absolute Gasteiger partial charge is 0.0249 e. The number of hydrogen-bond acceptors (Lipinski definition) is 0. The Morgan fingerprint density at radius 1 is 1.43 bits per heavy atom. The van der Waals surface area contributed by atoms with Crippen molar-refractivity contribution in [1.29, 1.82) is 0 Å². The third-order valence-corrected chi connectivity index (χ3v) is 1.54. The van der Waals surface area contributed by atoms with Crippen LogP contribution >= 0.6 is 0 Å². The molecule has 0 aromatic rings. The molecule has 0 aliphatic rings. The average molecular weight is 99.2 g/mol. The van der Waals surface area contributed by atoms with Gasteiger partial charge in [0.1, 0.15) is 0 Å². The first-order valence-corrected chi connectivity index (χ1v) is 3.00. The molecule has 0 amide bonds. The second kappa shape index (κ2) is 3.06. The Bertz CT molecular complexity index is 37.3. The fourth-order valence-electron chi connectivity index (χ4n) is 0.408. The quantitative estimate of drug-likeness (QED) is 0.499. The zero-order valence-corrected chi connectivity index (χ0v) is 5.78. The van der Waals surface area contributed by atoms with Crippen molar-refractivity contribution in [2.24, 2.45) is 5.92 Å². The molecule has 0 aromatic carbocycles. The molecule has 0 rings (SSSR count). The van der Waals surface area contributed by atoms with Gasteiger partial charge in [-0.25, -0.2) is 0 Å². The first kappa shape index (κ1) is 7.00. The van der Waals surface area contributed by atoms with Crippen molar-refractivity contribution in [2.45, 2.75) is 34.1 Å². The highest BCUT2D eigenvalue weighted by molar-refractivity contribution is 4.84. The first-order valence-electron chi connectivity index (χ1n) is 3.00. The van der Waals surface area contributed by atoms with Crippen LogP contribution in [0.15, 0.2) is 0 Å². The van der Waals surface area contributed by atoms with Crippen LogP contribution in [-0.4, -0.2) is 0 Å². The van der Waals surface area contributed by atoms with Crippen molar-refractivity contribution in [1.82, 2.24) is 0 Å². The Labute approximate surface area is 46.9 Å². The molecule has 0 N–H and O–H groups in total. The standard InChI is InChI=1S/C7H15/c1-5-7(4)6(2)3/h6H,5H2,1-4H3. The minimum absolute atomic E-state index is 0.782. The van der Waals surface area contributed by atoms with Crippen LogP contribution < -0.4 is 0 Å². The van der Waals surface area contributed by atoms with Crippen LogP contribution in [0, 0.1) is 11.8 Å². The van der Waals surface area contributed by atoms with Crippen molar-refractivity contribution in [2.75, 3.05) is 0 Å². The van der Waals surface area contributed by atoms with Crippen LogP contribution in [0.3, 0.4) is 0 Å². The van der Waals surface area contributed by atoms with Crippen molar-refractivity contribution in [3.63, 3.8) is 0 Å². The SMILES string of the molecule is CC[C](C)C(C)C. The Balaban J connectivity index is 3.14. The lowest BCUT2D eigenvalue weighted by Crippen LogP contribution is -1.97. The summed E-state index contributed by atoms with van der Waals surface area (Å²) >= 11 is 0. The van der Waals surface area contributed by atoms with E-state index in [-0.39, 0.29) is 0 Å². The van der Waals surface area contributed by atoms with Crippen molar-refractivity contribution >= 4 is 0 Å². The molecule has 0 spiro atoms. The average Bonchev–Trinajstić information content (AvgIpc) is 1.65. The monoisotopic (exact) mass is 99.1 g/mol. The van der Waals surface area contributed by atoms with E-state index >= 15 is 0 Å². The summed E-state index contributed by atoms with van der Waals surface area (Å²) in [6.45, 7) is 8.89. The highest BCUT2D eigenvalue weighted by Crippen LogP contribution is 2.14. The predicted octanol–water partition coefficient (Wildman–Crippen LogP) is 2.65. The normalized spacial score (nSPS) is 11.1. The van der Waals surface area contributed by atoms with Crippen LogP contribution in [0.1, 0.15) is 34.1 Å². The molecule has 0 atom stereocenters. The van der Waals surface area contributed by atoms with E-state index < -0.39 is 0 Å². The molecule has 0 saturated heterocycles. The van der Waals surface area contributed by atoms with Gasteiger partial charge in [-0.1, -0.05) is 27.7 Å². The Morgan fingerprint density at radius 2 is 1.86 bits per heavy atom.